The summed E-state index contributed by atoms with van der Waals surface area (Å²) in [6.45, 7) is 3.50. The zero-order chi connectivity index (χ0) is 29.1. The van der Waals surface area contributed by atoms with Gasteiger partial charge in [-0.3, -0.25) is 29.6 Å². The maximum Gasteiger partial charge on any atom is 0.276 e. The fourth-order valence-corrected chi connectivity index (χ4v) is 7.22. The predicted molar refractivity (Wildman–Crippen MR) is 161 cm³/mol. The Kier molecular flexibility index (Phi) is 6.34. The minimum Gasteiger partial charge on any atom is -0.386 e. The number of aromatic nitrogens is 3. The molecule has 0 radical (unpaired) electrons. The van der Waals surface area contributed by atoms with E-state index in [1.54, 1.807) is 42.6 Å². The van der Waals surface area contributed by atoms with Crippen LogP contribution in [0.25, 0.3) is 11.1 Å². The first kappa shape index (κ1) is 26.4. The number of amidine groups is 1. The molecule has 0 aromatic carbocycles. The van der Waals surface area contributed by atoms with Gasteiger partial charge in [-0.2, -0.15) is 0 Å². The fourth-order valence-electron chi connectivity index (χ4n) is 7.22. The second kappa shape index (κ2) is 10.1. The molecule has 3 aromatic heterocycles. The minimum atomic E-state index is -0.300. The van der Waals surface area contributed by atoms with E-state index in [1.165, 1.54) is 35.1 Å². The number of anilines is 2. The van der Waals surface area contributed by atoms with E-state index in [-0.39, 0.29) is 28.6 Å². The molecule has 11 heteroatoms. The van der Waals surface area contributed by atoms with E-state index in [2.05, 4.69) is 31.2 Å². The van der Waals surface area contributed by atoms with E-state index in [0.29, 0.717) is 54.1 Å². The van der Waals surface area contributed by atoms with Crippen molar-refractivity contribution in [3.63, 3.8) is 0 Å². The predicted octanol–water partition coefficient (Wildman–Crippen LogP) is 2.89. The van der Waals surface area contributed by atoms with Gasteiger partial charge in [0.15, 0.2) is 6.29 Å². The molecule has 11 nitrogen and oxygen atoms in total. The van der Waals surface area contributed by atoms with E-state index in [4.69, 9.17) is 5.41 Å². The van der Waals surface area contributed by atoms with Crippen LogP contribution in [0.1, 0.15) is 63.2 Å². The average molecular weight is 567 g/mol. The normalized spacial score (nSPS) is 22.2. The number of aldehydes is 1. The summed E-state index contributed by atoms with van der Waals surface area (Å²) >= 11 is 0. The molecule has 216 valence electrons. The smallest absolute Gasteiger partial charge is 0.276 e. The topological polar surface area (TPSA) is 128 Å². The van der Waals surface area contributed by atoms with Crippen molar-refractivity contribution in [2.24, 2.45) is 7.05 Å². The molecule has 1 amide bonds. The minimum absolute atomic E-state index is 0.0790. The largest absolute Gasteiger partial charge is 0.386 e. The molecule has 2 unspecified atom stereocenters. The molecule has 2 bridgehead atoms. The lowest BCUT2D eigenvalue weighted by Gasteiger charge is -2.30. The van der Waals surface area contributed by atoms with E-state index >= 15 is 0 Å². The second-order valence-electron chi connectivity index (χ2n) is 11.8. The summed E-state index contributed by atoms with van der Waals surface area (Å²) < 4.78 is 3.62. The van der Waals surface area contributed by atoms with Crippen molar-refractivity contribution in [1.29, 1.82) is 5.41 Å². The van der Waals surface area contributed by atoms with Gasteiger partial charge in [0.05, 0.1) is 5.56 Å². The Morgan fingerprint density at radius 1 is 1.14 bits per heavy atom. The van der Waals surface area contributed by atoms with Gasteiger partial charge in [0, 0.05) is 81.1 Å². The van der Waals surface area contributed by atoms with Crippen molar-refractivity contribution in [1.82, 2.24) is 24.3 Å². The Labute approximate surface area is 243 Å². The van der Waals surface area contributed by atoms with Crippen molar-refractivity contribution in [3.05, 3.63) is 75.2 Å². The highest BCUT2D eigenvalue weighted by atomic mass is 16.2. The van der Waals surface area contributed by atoms with E-state index in [0.717, 1.165) is 25.1 Å². The number of aryl methyl sites for hydroxylation is 1. The Morgan fingerprint density at radius 3 is 2.79 bits per heavy atom. The maximum atomic E-state index is 13.8. The number of likely N-dealkylation sites (N-methyl/N-ethyl adjacent to an activating group) is 1. The van der Waals surface area contributed by atoms with Crippen LogP contribution in [0.3, 0.4) is 0 Å². The van der Waals surface area contributed by atoms with Crippen LogP contribution in [0.4, 0.5) is 11.5 Å². The van der Waals surface area contributed by atoms with Gasteiger partial charge in [-0.25, -0.2) is 4.98 Å². The molecule has 1 saturated carbocycles. The molecule has 4 aliphatic rings. The molecule has 2 aliphatic carbocycles. The quantitative estimate of drug-likeness (QED) is 0.246. The van der Waals surface area contributed by atoms with Crippen LogP contribution in [0.2, 0.25) is 0 Å². The molecule has 1 saturated heterocycles. The molecule has 7 rings (SSSR count). The van der Waals surface area contributed by atoms with Gasteiger partial charge in [0.25, 0.3) is 11.5 Å². The Morgan fingerprint density at radius 2 is 1.98 bits per heavy atom. The highest BCUT2D eigenvalue weighted by molar-refractivity contribution is 6.09. The third kappa shape index (κ3) is 4.27. The lowest BCUT2D eigenvalue weighted by molar-refractivity contribution is 0.0963. The summed E-state index contributed by atoms with van der Waals surface area (Å²) in [4.78, 5) is 47.6. The first-order valence-electron chi connectivity index (χ1n) is 14.5. The molecular weight excluding hydrogens is 532 g/mol. The third-order valence-electron chi connectivity index (χ3n) is 9.15. The van der Waals surface area contributed by atoms with Crippen LogP contribution in [0.5, 0.6) is 0 Å². The maximum absolute atomic E-state index is 13.8. The standard InChI is InChI=1S/C31H34N8O3/c1-36-8-7-33-21(16-36)13-27(32)35-25-12-20(15-37(2)30(25)41)22-5-6-34-29(24(22)17-40)39-10-9-38-26(31(39)42)14-23-18-3-4-19(11-18)28(23)38/h5-6,12-15,17-19,33H,3-4,7-11,16H2,1-2H3,(H2,32,35)/b21-13-. The number of pyridine rings is 2. The van der Waals surface area contributed by atoms with Crippen LogP contribution < -0.4 is 21.1 Å². The highest BCUT2D eigenvalue weighted by Crippen LogP contribution is 2.54. The van der Waals surface area contributed by atoms with E-state index in [9.17, 15) is 14.4 Å². The molecule has 5 heterocycles. The Hall–Kier alpha value is -4.51. The van der Waals surface area contributed by atoms with Gasteiger partial charge in [0.1, 0.15) is 23.0 Å². The lowest BCUT2D eigenvalue weighted by Crippen LogP contribution is -2.41. The van der Waals surface area contributed by atoms with Gasteiger partial charge < -0.3 is 19.8 Å². The third-order valence-corrected chi connectivity index (χ3v) is 9.15. The number of carbonyl (C=O) groups is 2. The number of nitrogens with zero attached hydrogens (tertiary/aromatic N) is 5. The van der Waals surface area contributed by atoms with E-state index in [1.807, 2.05) is 7.05 Å². The molecule has 2 atom stereocenters. The van der Waals surface area contributed by atoms with Gasteiger partial charge in [-0.05, 0) is 61.6 Å². The summed E-state index contributed by atoms with van der Waals surface area (Å²) in [5.41, 5.74) is 5.59. The van der Waals surface area contributed by atoms with Crippen LogP contribution in [0, 0.1) is 5.41 Å². The van der Waals surface area contributed by atoms with Crippen LogP contribution >= 0.6 is 0 Å². The highest BCUT2D eigenvalue weighted by Gasteiger charge is 2.43. The van der Waals surface area contributed by atoms with Gasteiger partial charge in [0.2, 0.25) is 0 Å². The number of rotatable bonds is 5. The first-order chi connectivity index (χ1) is 20.3. The number of hydrogen-bond donors (Lipinski definition) is 3. The first-order valence-corrected chi connectivity index (χ1v) is 14.5. The number of hydrogen-bond acceptors (Lipinski definition) is 7. The zero-order valence-electron chi connectivity index (χ0n) is 23.8. The molecule has 3 aromatic rings. The van der Waals surface area contributed by atoms with Crippen molar-refractivity contribution in [2.45, 2.75) is 37.6 Å². The summed E-state index contributed by atoms with van der Waals surface area (Å²) in [5.74, 6) is 1.36. The Bertz CT molecular complexity index is 1730. The van der Waals surface area contributed by atoms with E-state index < -0.39 is 0 Å². The van der Waals surface area contributed by atoms with Gasteiger partial charge in [-0.1, -0.05) is 0 Å². The SMILES string of the molecule is CN1CCN/C(=C\C(=N)Nc2cc(-c3ccnc(N4CCn5c(cc6c5C5CCC6C5)C4=O)c3C=O)cn(C)c2=O)C1. The van der Waals surface area contributed by atoms with Gasteiger partial charge in [-0.15, -0.1) is 0 Å². The monoisotopic (exact) mass is 566 g/mol. The van der Waals surface area contributed by atoms with Crippen molar-refractivity contribution >= 4 is 29.5 Å². The molecule has 42 heavy (non-hydrogen) atoms. The average Bonchev–Trinajstić information content (AvgIpc) is 3.69. The van der Waals surface area contributed by atoms with Gasteiger partial charge >= 0.3 is 0 Å². The van der Waals surface area contributed by atoms with Crippen molar-refractivity contribution < 1.29 is 9.59 Å². The molecule has 2 aliphatic heterocycles. The Balaban J connectivity index is 1.21. The molecule has 0 spiro atoms. The molecular formula is C31H34N8O3. The zero-order valence-corrected chi connectivity index (χ0v) is 23.8. The lowest BCUT2D eigenvalue weighted by atomic mass is 9.98. The number of amides is 1. The fraction of sp³-hybridized carbons (Fsp3) is 0.387. The number of fused-ring (bicyclic) bond motifs is 7. The summed E-state index contributed by atoms with van der Waals surface area (Å²) in [7, 11) is 3.65. The summed E-state index contributed by atoms with van der Waals surface area (Å²) in [6.07, 6.45) is 9.25. The van der Waals surface area contributed by atoms with Crippen molar-refractivity contribution in [3.8, 4) is 11.1 Å². The summed E-state index contributed by atoms with van der Waals surface area (Å²) in [5, 5.41) is 14.7. The number of nitrogens with one attached hydrogen (secondary N) is 3. The van der Waals surface area contributed by atoms with Crippen LogP contribution in [-0.2, 0) is 13.6 Å². The van der Waals surface area contributed by atoms with Crippen molar-refractivity contribution in [2.75, 3.05) is 43.4 Å². The summed E-state index contributed by atoms with van der Waals surface area (Å²) in [6, 6.07) is 5.43. The number of piperazine rings is 1. The molecule has 2 fully saturated rings. The van der Waals surface area contributed by atoms with Crippen LogP contribution in [-0.4, -0.2) is 70.3 Å². The molecule has 3 N–H and O–H groups in total. The van der Waals surface area contributed by atoms with Crippen LogP contribution in [0.15, 0.2) is 47.2 Å². The second-order valence-corrected chi connectivity index (χ2v) is 11.8. The number of carbonyl (C=O) groups excluding carboxylic acids is 2.